The number of nitrogens with zero attached hydrogens (tertiary/aromatic N) is 1. The zero-order valence-electron chi connectivity index (χ0n) is 22.0. The van der Waals surface area contributed by atoms with Crippen LogP contribution >= 0.6 is 11.8 Å². The average molecular weight is 553 g/mol. The van der Waals surface area contributed by atoms with Gasteiger partial charge in [-0.15, -0.1) is 0 Å². The van der Waals surface area contributed by atoms with Crippen LogP contribution in [-0.4, -0.2) is 34.9 Å². The van der Waals surface area contributed by atoms with Gasteiger partial charge in [0.25, 0.3) is 10.9 Å². The minimum Gasteiger partial charge on any atom is -0.618 e. The topological polar surface area (TPSA) is 121 Å². The number of anilines is 1. The van der Waals surface area contributed by atoms with E-state index in [1.54, 1.807) is 30.3 Å². The predicted octanol–water partition coefficient (Wildman–Crippen LogP) is 4.29. The van der Waals surface area contributed by atoms with Crippen molar-refractivity contribution in [3.8, 4) is 0 Å². The van der Waals surface area contributed by atoms with E-state index in [1.807, 2.05) is 36.4 Å². The summed E-state index contributed by atoms with van der Waals surface area (Å²) in [5, 5.41) is 25.0. The number of ether oxygens (including phenoxy) is 3. The fraction of sp³-hybridized carbons (Fsp3) is 0.345. The van der Waals surface area contributed by atoms with Crippen LogP contribution in [0.15, 0.2) is 78.0 Å². The lowest BCUT2D eigenvalue weighted by Crippen LogP contribution is -2.39. The highest BCUT2D eigenvalue weighted by atomic mass is 32.2. The quantitative estimate of drug-likeness (QED) is 0.175. The predicted molar refractivity (Wildman–Crippen MR) is 145 cm³/mol. The molecule has 39 heavy (non-hydrogen) atoms. The Hall–Kier alpha value is -3.44. The number of carbonyl (C=O) groups excluding carboxylic acids is 2. The van der Waals surface area contributed by atoms with Crippen LogP contribution in [-0.2, 0) is 30.4 Å². The number of aliphatic hydroxyl groups is 1. The minimum absolute atomic E-state index is 0.0484. The van der Waals surface area contributed by atoms with Crippen LogP contribution in [0.25, 0.3) is 0 Å². The average Bonchev–Trinajstić information content (AvgIpc) is 2.93. The van der Waals surface area contributed by atoms with E-state index in [2.05, 4.69) is 12.2 Å². The molecule has 206 valence electrons. The maximum absolute atomic E-state index is 12.5. The lowest BCUT2D eigenvalue weighted by atomic mass is 9.91. The van der Waals surface area contributed by atoms with Crippen LogP contribution in [0.4, 0.5) is 5.69 Å². The maximum atomic E-state index is 12.5. The zero-order chi connectivity index (χ0) is 27.9. The highest BCUT2D eigenvalue weighted by Crippen LogP contribution is 2.43. The van der Waals surface area contributed by atoms with Gasteiger partial charge in [0, 0.05) is 42.0 Å². The fourth-order valence-electron chi connectivity index (χ4n) is 4.31. The number of aliphatic hydroxyl groups excluding tert-OH is 1. The van der Waals surface area contributed by atoms with Gasteiger partial charge in [0.05, 0.1) is 18.8 Å². The summed E-state index contributed by atoms with van der Waals surface area (Å²) in [7, 11) is 0. The molecule has 0 unspecified atom stereocenters. The second-order valence-corrected chi connectivity index (χ2v) is 10.4. The van der Waals surface area contributed by atoms with Crippen molar-refractivity contribution in [2.75, 3.05) is 11.1 Å². The molecule has 1 amide bonds. The number of carbonyl (C=O) groups is 2. The van der Waals surface area contributed by atoms with Crippen molar-refractivity contribution in [2.45, 2.75) is 57.0 Å². The van der Waals surface area contributed by atoms with Crippen LogP contribution < -0.4 is 10.0 Å². The minimum atomic E-state index is -0.941. The lowest BCUT2D eigenvalue weighted by molar-refractivity contribution is -0.645. The summed E-state index contributed by atoms with van der Waals surface area (Å²) < 4.78 is 18.7. The molecule has 1 aliphatic rings. The van der Waals surface area contributed by atoms with Gasteiger partial charge in [0.15, 0.2) is 18.6 Å². The number of esters is 1. The molecule has 0 bridgehead atoms. The molecule has 10 heteroatoms. The van der Waals surface area contributed by atoms with E-state index >= 15 is 0 Å². The fourth-order valence-corrected chi connectivity index (χ4v) is 5.39. The molecular weight excluding hydrogens is 520 g/mol. The summed E-state index contributed by atoms with van der Waals surface area (Å²) in [5.41, 5.74) is 2.96. The zero-order valence-corrected chi connectivity index (χ0v) is 22.8. The number of aromatic nitrogens is 1. The van der Waals surface area contributed by atoms with Crippen molar-refractivity contribution in [1.82, 2.24) is 0 Å². The number of rotatable bonds is 9. The Morgan fingerprint density at radius 2 is 1.87 bits per heavy atom. The molecule has 0 saturated carbocycles. The summed E-state index contributed by atoms with van der Waals surface area (Å²) in [4.78, 5) is 23.7. The number of amides is 1. The van der Waals surface area contributed by atoms with Gasteiger partial charge in [-0.25, -0.2) is 0 Å². The third kappa shape index (κ3) is 7.36. The van der Waals surface area contributed by atoms with E-state index < -0.39 is 24.3 Å². The highest BCUT2D eigenvalue weighted by molar-refractivity contribution is 7.99. The molecule has 9 nitrogen and oxygen atoms in total. The van der Waals surface area contributed by atoms with Gasteiger partial charge < -0.3 is 29.8 Å². The van der Waals surface area contributed by atoms with Gasteiger partial charge in [-0.3, -0.25) is 9.59 Å². The highest BCUT2D eigenvalue weighted by Gasteiger charge is 2.38. The van der Waals surface area contributed by atoms with Crippen molar-refractivity contribution in [1.29, 1.82) is 0 Å². The molecule has 1 aliphatic heterocycles. The van der Waals surface area contributed by atoms with Gasteiger partial charge in [0.1, 0.15) is 0 Å². The summed E-state index contributed by atoms with van der Waals surface area (Å²) in [6.45, 7) is 4.76. The Labute approximate surface area is 231 Å². The number of hydrogen-bond acceptors (Lipinski definition) is 8. The largest absolute Gasteiger partial charge is 0.618 e. The van der Waals surface area contributed by atoms with E-state index in [4.69, 9.17) is 14.2 Å². The van der Waals surface area contributed by atoms with Gasteiger partial charge in [-0.2, -0.15) is 4.73 Å². The second kappa shape index (κ2) is 13.1. The molecule has 1 saturated heterocycles. The second-order valence-electron chi connectivity index (χ2n) is 9.36. The first kappa shape index (κ1) is 28.6. The molecular formula is C29H32N2O7S. The normalized spacial score (nSPS) is 21.6. The standard InChI is InChI=1S/C29H32N2O7S/c1-18-25(17-39-26-9-4-5-14-31(26)35)37-29(38-27(18)22-12-10-21(16-32)11-13-22)23-7-6-8-24(15-23)30-28(34)19(2)36-20(3)33/h4-15,18-19,25,27,29,32H,16-17H2,1-3H3,(H,30,34)/t18-,19+,25+,27+,29+/m1/s1. The van der Waals surface area contributed by atoms with Crippen LogP contribution in [0.5, 0.6) is 0 Å². The number of pyridine rings is 1. The Morgan fingerprint density at radius 1 is 1.10 bits per heavy atom. The summed E-state index contributed by atoms with van der Waals surface area (Å²) in [5.74, 6) is -0.518. The first-order chi connectivity index (χ1) is 18.7. The summed E-state index contributed by atoms with van der Waals surface area (Å²) in [6.07, 6.45) is -0.804. The van der Waals surface area contributed by atoms with Crippen molar-refractivity contribution in [3.63, 3.8) is 0 Å². The van der Waals surface area contributed by atoms with E-state index in [9.17, 15) is 19.9 Å². The van der Waals surface area contributed by atoms with Crippen LogP contribution in [0.1, 0.15) is 49.9 Å². The lowest BCUT2D eigenvalue weighted by Gasteiger charge is -2.41. The molecule has 0 aliphatic carbocycles. The Balaban J connectivity index is 1.57. The SMILES string of the molecule is CC(=O)O[C@@H](C)C(=O)Nc1cccc([C@H]2O[C@@H](CSc3cccc[n+]3[O-])[C@@H](C)[C@@H](c3ccc(CO)cc3)O2)c1. The molecule has 3 aromatic rings. The summed E-state index contributed by atoms with van der Waals surface area (Å²) >= 11 is 1.42. The summed E-state index contributed by atoms with van der Waals surface area (Å²) in [6, 6.07) is 20.0. The van der Waals surface area contributed by atoms with Crippen molar-refractivity contribution < 1.29 is 33.6 Å². The molecule has 0 spiro atoms. The molecule has 1 aromatic heterocycles. The van der Waals surface area contributed by atoms with E-state index in [-0.39, 0.29) is 24.7 Å². The van der Waals surface area contributed by atoms with Gasteiger partial charge in [0.2, 0.25) is 0 Å². The maximum Gasteiger partial charge on any atom is 0.303 e. The molecule has 2 N–H and O–H groups in total. The van der Waals surface area contributed by atoms with Gasteiger partial charge in [-0.1, -0.05) is 55.1 Å². The first-order valence-electron chi connectivity index (χ1n) is 12.6. The number of thioether (sulfide) groups is 1. The number of benzene rings is 2. The van der Waals surface area contributed by atoms with Crippen LogP contribution in [0.3, 0.4) is 0 Å². The van der Waals surface area contributed by atoms with Crippen molar-refractivity contribution in [3.05, 3.63) is 94.8 Å². The van der Waals surface area contributed by atoms with Crippen LogP contribution in [0.2, 0.25) is 0 Å². The number of hydrogen-bond donors (Lipinski definition) is 2. The third-order valence-electron chi connectivity index (χ3n) is 6.45. The van der Waals surface area contributed by atoms with Gasteiger partial charge >= 0.3 is 5.97 Å². The Morgan fingerprint density at radius 3 is 2.56 bits per heavy atom. The Kier molecular flexibility index (Phi) is 9.58. The van der Waals surface area contributed by atoms with E-state index in [1.165, 1.54) is 31.8 Å². The monoisotopic (exact) mass is 552 g/mol. The smallest absolute Gasteiger partial charge is 0.303 e. The van der Waals surface area contributed by atoms with E-state index in [0.29, 0.717) is 22.0 Å². The molecule has 5 atom stereocenters. The van der Waals surface area contributed by atoms with Crippen LogP contribution in [0, 0.1) is 11.1 Å². The van der Waals surface area contributed by atoms with Gasteiger partial charge in [-0.05, 0) is 36.2 Å². The number of nitrogens with one attached hydrogen (secondary N) is 1. The first-order valence-corrected chi connectivity index (χ1v) is 13.6. The molecule has 2 aromatic carbocycles. The molecule has 2 heterocycles. The molecule has 4 rings (SSSR count). The van der Waals surface area contributed by atoms with Crippen molar-refractivity contribution in [2.24, 2.45) is 5.92 Å². The van der Waals surface area contributed by atoms with E-state index in [0.717, 1.165) is 15.9 Å². The third-order valence-corrected chi connectivity index (χ3v) is 7.55. The molecule has 1 fully saturated rings. The Bertz CT molecular complexity index is 1290. The molecule has 0 radical (unpaired) electrons. The van der Waals surface area contributed by atoms with Crippen molar-refractivity contribution >= 4 is 29.3 Å².